The summed E-state index contributed by atoms with van der Waals surface area (Å²) in [5.74, 6) is 3.26. The third-order valence-electron chi connectivity index (χ3n) is 8.28. The molecule has 226 valence electrons. The Bertz CT molecular complexity index is 2130. The molecule has 7 nitrogen and oxygen atoms in total. The average Bonchev–Trinajstić information content (AvgIpc) is 3.12. The SMILES string of the molecule is N=C1C=C(N2c3ccccc3Oc3ccccc32)c2ccccc2C1=N.Nc1ccc(N2c3ccccc3Oc3ccccc32)cc1. The maximum absolute atomic E-state index is 8.28. The van der Waals surface area contributed by atoms with Crippen molar-refractivity contribution in [1.29, 1.82) is 10.8 Å². The minimum atomic E-state index is 0.208. The molecule has 0 aromatic heterocycles. The Kier molecular flexibility index (Phi) is 6.77. The van der Waals surface area contributed by atoms with E-state index in [1.165, 1.54) is 0 Å². The molecule has 1 aliphatic carbocycles. The van der Waals surface area contributed by atoms with Crippen molar-refractivity contribution >= 4 is 51.2 Å². The number of nitrogens with zero attached hydrogens (tertiary/aromatic N) is 2. The Balaban J connectivity index is 0.000000141. The topological polar surface area (TPSA) is 98.7 Å². The van der Waals surface area contributed by atoms with E-state index in [1.54, 1.807) is 6.08 Å². The molecule has 0 saturated heterocycles. The van der Waals surface area contributed by atoms with Crippen LogP contribution in [0.25, 0.3) is 5.70 Å². The number of nitrogens with one attached hydrogen (secondary N) is 2. The molecule has 6 aromatic rings. The zero-order chi connectivity index (χ0) is 31.9. The highest BCUT2D eigenvalue weighted by Gasteiger charge is 2.31. The van der Waals surface area contributed by atoms with Crippen molar-refractivity contribution < 1.29 is 9.47 Å². The Morgan fingerprint density at radius 1 is 0.447 bits per heavy atom. The highest BCUT2D eigenvalue weighted by atomic mass is 16.5. The zero-order valence-corrected chi connectivity index (χ0v) is 25.2. The van der Waals surface area contributed by atoms with Crippen LogP contribution in [0.15, 0.2) is 152 Å². The lowest BCUT2D eigenvalue weighted by atomic mass is 9.90. The Hall–Kier alpha value is -6.60. The number of nitrogen functional groups attached to an aromatic ring is 1. The van der Waals surface area contributed by atoms with E-state index in [0.29, 0.717) is 0 Å². The highest BCUT2D eigenvalue weighted by molar-refractivity contribution is 6.53. The molecule has 2 heterocycles. The van der Waals surface area contributed by atoms with Crippen LogP contribution in [-0.4, -0.2) is 11.4 Å². The van der Waals surface area contributed by atoms with Crippen molar-refractivity contribution in [2.24, 2.45) is 0 Å². The summed E-state index contributed by atoms with van der Waals surface area (Å²) in [6.07, 6.45) is 1.77. The molecule has 0 saturated carbocycles. The molecule has 0 bridgehead atoms. The highest BCUT2D eigenvalue weighted by Crippen LogP contribution is 2.51. The van der Waals surface area contributed by atoms with E-state index in [1.807, 2.05) is 133 Å². The summed E-state index contributed by atoms with van der Waals surface area (Å²) in [5.41, 5.74) is 14.6. The van der Waals surface area contributed by atoms with Gasteiger partial charge in [0, 0.05) is 22.5 Å². The van der Waals surface area contributed by atoms with E-state index in [0.717, 1.165) is 73.9 Å². The van der Waals surface area contributed by atoms with Crippen LogP contribution < -0.4 is 25.0 Å². The maximum Gasteiger partial charge on any atom is 0.151 e. The van der Waals surface area contributed by atoms with Gasteiger partial charge in [-0.25, -0.2) is 0 Å². The van der Waals surface area contributed by atoms with E-state index < -0.39 is 0 Å². The lowest BCUT2D eigenvalue weighted by molar-refractivity contribution is 0.477. The van der Waals surface area contributed by atoms with Crippen LogP contribution in [0.2, 0.25) is 0 Å². The van der Waals surface area contributed by atoms with Crippen molar-refractivity contribution in [3.63, 3.8) is 0 Å². The number of allylic oxidation sites excluding steroid dienone is 1. The number of hydrogen-bond acceptors (Lipinski definition) is 7. The van der Waals surface area contributed by atoms with E-state index in [9.17, 15) is 0 Å². The fourth-order valence-electron chi connectivity index (χ4n) is 6.11. The second-order valence-electron chi connectivity index (χ2n) is 11.2. The Morgan fingerprint density at radius 2 is 0.851 bits per heavy atom. The lowest BCUT2D eigenvalue weighted by Gasteiger charge is -2.36. The first-order chi connectivity index (χ1) is 23.1. The van der Waals surface area contributed by atoms with Crippen LogP contribution in [0, 0.1) is 10.8 Å². The molecule has 0 spiro atoms. The molecule has 7 heteroatoms. The third-order valence-corrected chi connectivity index (χ3v) is 8.28. The first kappa shape index (κ1) is 27.9. The van der Waals surface area contributed by atoms with Crippen molar-refractivity contribution in [1.82, 2.24) is 0 Å². The average molecular weight is 612 g/mol. The lowest BCUT2D eigenvalue weighted by Crippen LogP contribution is -2.27. The minimum absolute atomic E-state index is 0.208. The molecular formula is C40H29N5O2. The number of nitrogens with two attached hydrogens (primary N) is 1. The number of fused-ring (bicyclic) bond motifs is 5. The number of para-hydroxylation sites is 8. The van der Waals surface area contributed by atoms with Gasteiger partial charge in [-0.1, -0.05) is 72.8 Å². The summed E-state index contributed by atoms with van der Waals surface area (Å²) in [4.78, 5) is 4.31. The van der Waals surface area contributed by atoms with E-state index >= 15 is 0 Å². The van der Waals surface area contributed by atoms with Gasteiger partial charge in [0.1, 0.15) is 0 Å². The fourth-order valence-corrected chi connectivity index (χ4v) is 6.11. The van der Waals surface area contributed by atoms with E-state index in [2.05, 4.69) is 21.9 Å². The van der Waals surface area contributed by atoms with Crippen molar-refractivity contribution in [3.8, 4) is 23.0 Å². The van der Waals surface area contributed by atoms with Crippen molar-refractivity contribution in [2.75, 3.05) is 15.5 Å². The molecule has 0 fully saturated rings. The first-order valence-electron chi connectivity index (χ1n) is 15.2. The van der Waals surface area contributed by atoms with E-state index in [-0.39, 0.29) is 11.4 Å². The smallest absolute Gasteiger partial charge is 0.151 e. The molecule has 0 amide bonds. The number of anilines is 6. The van der Waals surface area contributed by atoms with Crippen LogP contribution >= 0.6 is 0 Å². The molecular weight excluding hydrogens is 582 g/mol. The molecule has 3 aliphatic rings. The summed E-state index contributed by atoms with van der Waals surface area (Å²) >= 11 is 0. The summed E-state index contributed by atoms with van der Waals surface area (Å²) in [6.45, 7) is 0. The van der Waals surface area contributed by atoms with Crippen LogP contribution in [0.4, 0.5) is 34.1 Å². The first-order valence-corrected chi connectivity index (χ1v) is 15.2. The maximum atomic E-state index is 8.28. The van der Waals surface area contributed by atoms with Crippen LogP contribution in [0.1, 0.15) is 11.1 Å². The van der Waals surface area contributed by atoms with Crippen molar-refractivity contribution in [3.05, 3.63) is 163 Å². The van der Waals surface area contributed by atoms with Gasteiger partial charge in [-0.2, -0.15) is 0 Å². The number of benzene rings is 6. The van der Waals surface area contributed by atoms with Gasteiger partial charge in [0.2, 0.25) is 0 Å². The van der Waals surface area contributed by atoms with E-state index in [4.69, 9.17) is 26.0 Å². The predicted octanol–water partition coefficient (Wildman–Crippen LogP) is 10.2. The van der Waals surface area contributed by atoms with Gasteiger partial charge in [-0.3, -0.25) is 10.8 Å². The van der Waals surface area contributed by atoms with Gasteiger partial charge in [0.15, 0.2) is 23.0 Å². The summed E-state index contributed by atoms with van der Waals surface area (Å²) < 4.78 is 12.1. The molecule has 4 N–H and O–H groups in total. The second kappa shape index (κ2) is 11.4. The molecule has 2 aliphatic heterocycles. The summed E-state index contributed by atoms with van der Waals surface area (Å²) in [5, 5.41) is 16.5. The van der Waals surface area contributed by atoms with Crippen molar-refractivity contribution in [2.45, 2.75) is 0 Å². The zero-order valence-electron chi connectivity index (χ0n) is 25.2. The van der Waals surface area contributed by atoms with Crippen LogP contribution in [0.5, 0.6) is 23.0 Å². The quantitative estimate of drug-likeness (QED) is 0.169. The summed E-state index contributed by atoms with van der Waals surface area (Å²) in [6, 6.07) is 47.5. The Morgan fingerprint density at radius 3 is 1.34 bits per heavy atom. The number of rotatable bonds is 2. The monoisotopic (exact) mass is 611 g/mol. The molecule has 0 radical (unpaired) electrons. The predicted molar refractivity (Wildman–Crippen MR) is 190 cm³/mol. The van der Waals surface area contributed by atoms with Crippen LogP contribution in [0.3, 0.4) is 0 Å². The molecule has 0 atom stereocenters. The van der Waals surface area contributed by atoms with Gasteiger partial charge in [-0.15, -0.1) is 0 Å². The van der Waals surface area contributed by atoms with Gasteiger partial charge in [0.05, 0.1) is 39.9 Å². The van der Waals surface area contributed by atoms with Gasteiger partial charge in [-0.05, 0) is 78.9 Å². The third kappa shape index (κ3) is 4.87. The molecule has 6 aromatic carbocycles. The molecule has 9 rings (SSSR count). The number of hydrogen-bond donors (Lipinski definition) is 3. The fraction of sp³-hybridized carbons (Fsp3) is 0. The largest absolute Gasteiger partial charge is 0.453 e. The van der Waals surface area contributed by atoms with Crippen LogP contribution in [-0.2, 0) is 0 Å². The van der Waals surface area contributed by atoms with Gasteiger partial charge < -0.3 is 25.0 Å². The standard InChI is InChI=1S/C22H15N3O.C18H14N2O/c23-16-13-19(14-7-1-2-8-15(14)22(16)24)25-17-9-3-5-11-20(17)26-21-12-6-4-10-18(21)25;19-13-9-11-14(12-10-13)20-15-5-1-3-7-17(15)21-18-8-4-2-6-16(18)20/h1-13,23-24H;1-12H,19H2. The minimum Gasteiger partial charge on any atom is -0.453 e. The second-order valence-corrected chi connectivity index (χ2v) is 11.2. The molecule has 0 unspecified atom stereocenters. The Labute approximate surface area is 272 Å². The molecule has 47 heavy (non-hydrogen) atoms. The summed E-state index contributed by atoms with van der Waals surface area (Å²) in [7, 11) is 0. The van der Waals surface area contributed by atoms with Gasteiger partial charge >= 0.3 is 0 Å². The normalized spacial score (nSPS) is 13.7. The van der Waals surface area contributed by atoms with Gasteiger partial charge in [0.25, 0.3) is 0 Å². The number of ether oxygens (including phenoxy) is 2.